The molecule has 1 heterocycles. The normalized spacial score (nSPS) is 11.3. The van der Waals surface area contributed by atoms with Crippen LogP contribution in [0.25, 0.3) is 22.6 Å². The minimum Gasteiger partial charge on any atom is -0.493 e. The van der Waals surface area contributed by atoms with E-state index in [9.17, 15) is 10.1 Å². The van der Waals surface area contributed by atoms with Gasteiger partial charge in [-0.05, 0) is 36.3 Å². The van der Waals surface area contributed by atoms with Gasteiger partial charge in [0.25, 0.3) is 11.6 Å². The number of hydrogen-bond acceptors (Lipinski definition) is 7. The summed E-state index contributed by atoms with van der Waals surface area (Å²) in [4.78, 5) is 10.4. The molecule has 0 aliphatic heterocycles. The first-order valence-corrected chi connectivity index (χ1v) is 9.16. The quantitative estimate of drug-likeness (QED) is 0.369. The zero-order chi connectivity index (χ0) is 20.8. The van der Waals surface area contributed by atoms with Crippen molar-refractivity contribution in [3.8, 4) is 23.0 Å². The Morgan fingerprint density at radius 3 is 2.79 bits per heavy atom. The second-order valence-electron chi connectivity index (χ2n) is 5.97. The number of aromatic nitrogens is 2. The third-order valence-electron chi connectivity index (χ3n) is 3.88. The molecule has 1 aromatic heterocycles. The molecule has 3 rings (SSSR count). The highest BCUT2D eigenvalue weighted by molar-refractivity contribution is 6.50. The monoisotopic (exact) mass is 415 g/mol. The molecule has 0 radical (unpaired) electrons. The molecule has 0 fully saturated rings. The van der Waals surface area contributed by atoms with Crippen molar-refractivity contribution in [2.24, 2.45) is 0 Å². The number of halogens is 1. The van der Waals surface area contributed by atoms with Crippen LogP contribution in [0.3, 0.4) is 0 Å². The van der Waals surface area contributed by atoms with Gasteiger partial charge >= 0.3 is 0 Å². The van der Waals surface area contributed by atoms with Crippen LogP contribution in [0, 0.1) is 10.1 Å². The lowest BCUT2D eigenvalue weighted by Gasteiger charge is -2.10. The number of rotatable bonds is 8. The van der Waals surface area contributed by atoms with Gasteiger partial charge < -0.3 is 13.9 Å². The summed E-state index contributed by atoms with van der Waals surface area (Å²) in [5.74, 6) is 1.46. The molecule has 0 N–H and O–H groups in total. The lowest BCUT2D eigenvalue weighted by atomic mass is 10.2. The molecule has 0 saturated heterocycles. The number of nitro groups is 1. The van der Waals surface area contributed by atoms with Crippen molar-refractivity contribution in [2.45, 2.75) is 13.3 Å². The van der Waals surface area contributed by atoms with Gasteiger partial charge in [-0.1, -0.05) is 30.7 Å². The smallest absolute Gasteiger partial charge is 0.270 e. The Labute approximate surface area is 171 Å². The van der Waals surface area contributed by atoms with E-state index in [1.165, 1.54) is 12.1 Å². The van der Waals surface area contributed by atoms with E-state index in [-0.39, 0.29) is 22.5 Å². The van der Waals surface area contributed by atoms with E-state index >= 15 is 0 Å². The second kappa shape index (κ2) is 9.20. The third-order valence-corrected chi connectivity index (χ3v) is 4.15. The topological polar surface area (TPSA) is 101 Å². The van der Waals surface area contributed by atoms with Crippen LogP contribution < -0.4 is 9.47 Å². The fourth-order valence-corrected chi connectivity index (χ4v) is 2.71. The van der Waals surface area contributed by atoms with Gasteiger partial charge in [-0.2, -0.15) is 0 Å². The minimum absolute atomic E-state index is 0.0678. The second-order valence-corrected chi connectivity index (χ2v) is 6.38. The van der Waals surface area contributed by atoms with Crippen molar-refractivity contribution >= 4 is 28.4 Å². The van der Waals surface area contributed by atoms with Crippen LogP contribution in [0.1, 0.15) is 24.8 Å². The largest absolute Gasteiger partial charge is 0.493 e. The van der Waals surface area contributed by atoms with Crippen molar-refractivity contribution in [3.63, 3.8) is 0 Å². The average molecular weight is 416 g/mol. The molecule has 0 amide bonds. The van der Waals surface area contributed by atoms with Crippen molar-refractivity contribution in [3.05, 3.63) is 64.0 Å². The highest BCUT2D eigenvalue weighted by Crippen LogP contribution is 2.31. The fourth-order valence-electron chi connectivity index (χ4n) is 2.50. The Hall–Kier alpha value is -3.39. The van der Waals surface area contributed by atoms with Crippen LogP contribution >= 0.6 is 11.6 Å². The van der Waals surface area contributed by atoms with Crippen LogP contribution in [0.2, 0.25) is 0 Å². The zero-order valence-electron chi connectivity index (χ0n) is 15.8. The molecule has 0 unspecified atom stereocenters. The van der Waals surface area contributed by atoms with Crippen LogP contribution in [-0.2, 0) is 0 Å². The van der Waals surface area contributed by atoms with Crippen molar-refractivity contribution in [1.82, 2.24) is 10.2 Å². The number of benzene rings is 2. The number of hydrogen-bond donors (Lipinski definition) is 0. The molecule has 0 aliphatic rings. The summed E-state index contributed by atoms with van der Waals surface area (Å²) in [5, 5.41) is 19.0. The average Bonchev–Trinajstić information content (AvgIpc) is 3.23. The summed E-state index contributed by atoms with van der Waals surface area (Å²) in [6, 6.07) is 11.3. The number of ether oxygens (including phenoxy) is 2. The number of methoxy groups -OCH3 is 1. The molecule has 0 aliphatic carbocycles. The Bertz CT molecular complexity index is 1050. The van der Waals surface area contributed by atoms with Gasteiger partial charge in [0.15, 0.2) is 11.5 Å². The van der Waals surface area contributed by atoms with Gasteiger partial charge in [0.1, 0.15) is 5.03 Å². The lowest BCUT2D eigenvalue weighted by Crippen LogP contribution is -1.98. The van der Waals surface area contributed by atoms with Gasteiger partial charge in [0, 0.05) is 17.7 Å². The third kappa shape index (κ3) is 4.91. The van der Waals surface area contributed by atoms with E-state index in [0.717, 1.165) is 12.0 Å². The van der Waals surface area contributed by atoms with Crippen LogP contribution in [0.15, 0.2) is 46.9 Å². The minimum atomic E-state index is -0.491. The SMILES string of the molecule is CCCOc1cc(/C=C(\Cl)c2nnc(-c3cccc([N+](=O)[O-])c3)o2)ccc1OC. The first-order chi connectivity index (χ1) is 14.0. The molecule has 0 atom stereocenters. The number of nitro benzene ring substituents is 1. The Kier molecular flexibility index (Phi) is 6.46. The lowest BCUT2D eigenvalue weighted by molar-refractivity contribution is -0.384. The molecule has 2 aromatic carbocycles. The highest BCUT2D eigenvalue weighted by atomic mass is 35.5. The Balaban J connectivity index is 1.86. The van der Waals surface area contributed by atoms with Gasteiger partial charge in [-0.25, -0.2) is 0 Å². The molecule has 150 valence electrons. The number of nitrogens with zero attached hydrogens (tertiary/aromatic N) is 3. The van der Waals surface area contributed by atoms with Crippen LogP contribution in [0.5, 0.6) is 11.5 Å². The first-order valence-electron chi connectivity index (χ1n) is 8.78. The standard InChI is InChI=1S/C20H18ClN3O5/c1-3-9-28-18-11-13(7-8-17(18)27-2)10-16(21)20-23-22-19(29-20)14-5-4-6-15(12-14)24(25)26/h4-8,10-12H,3,9H2,1-2H3/b16-10-. The van der Waals surface area contributed by atoms with Gasteiger partial charge in [-0.3, -0.25) is 10.1 Å². The molecule has 0 spiro atoms. The highest BCUT2D eigenvalue weighted by Gasteiger charge is 2.15. The predicted octanol–water partition coefficient (Wildman–Crippen LogP) is 5.18. The van der Waals surface area contributed by atoms with E-state index < -0.39 is 4.92 Å². The van der Waals surface area contributed by atoms with E-state index in [2.05, 4.69) is 10.2 Å². The van der Waals surface area contributed by atoms with Crippen LogP contribution in [-0.4, -0.2) is 28.8 Å². The van der Waals surface area contributed by atoms with E-state index in [0.29, 0.717) is 23.7 Å². The van der Waals surface area contributed by atoms with Gasteiger partial charge in [-0.15, -0.1) is 10.2 Å². The summed E-state index contributed by atoms with van der Waals surface area (Å²) < 4.78 is 16.6. The molecule has 8 nitrogen and oxygen atoms in total. The molecular weight excluding hydrogens is 398 g/mol. The summed E-state index contributed by atoms with van der Waals surface area (Å²) >= 11 is 6.34. The van der Waals surface area contributed by atoms with Gasteiger partial charge in [0.2, 0.25) is 5.89 Å². The van der Waals surface area contributed by atoms with Crippen molar-refractivity contribution in [2.75, 3.05) is 13.7 Å². The first kappa shape index (κ1) is 20.3. The van der Waals surface area contributed by atoms with Crippen LogP contribution in [0.4, 0.5) is 5.69 Å². The molecule has 29 heavy (non-hydrogen) atoms. The predicted molar refractivity (Wildman–Crippen MR) is 109 cm³/mol. The fraction of sp³-hybridized carbons (Fsp3) is 0.200. The maximum Gasteiger partial charge on any atom is 0.270 e. The molecular formula is C20H18ClN3O5. The summed E-state index contributed by atoms with van der Waals surface area (Å²) in [5.41, 5.74) is 1.13. The summed E-state index contributed by atoms with van der Waals surface area (Å²) in [6.45, 7) is 2.58. The Morgan fingerprint density at radius 2 is 2.07 bits per heavy atom. The zero-order valence-corrected chi connectivity index (χ0v) is 16.5. The molecule has 9 heteroatoms. The summed E-state index contributed by atoms with van der Waals surface area (Å²) in [6.07, 6.45) is 2.52. The molecule has 3 aromatic rings. The van der Waals surface area contributed by atoms with E-state index in [1.807, 2.05) is 13.0 Å². The van der Waals surface area contributed by atoms with Crippen molar-refractivity contribution in [1.29, 1.82) is 0 Å². The maximum atomic E-state index is 10.9. The summed E-state index contributed by atoms with van der Waals surface area (Å²) in [7, 11) is 1.57. The van der Waals surface area contributed by atoms with Crippen molar-refractivity contribution < 1.29 is 18.8 Å². The Morgan fingerprint density at radius 1 is 1.24 bits per heavy atom. The molecule has 0 bridgehead atoms. The van der Waals surface area contributed by atoms with E-state index in [4.69, 9.17) is 25.5 Å². The van der Waals surface area contributed by atoms with Gasteiger partial charge in [0.05, 0.1) is 18.6 Å². The maximum absolute atomic E-state index is 10.9. The van der Waals surface area contributed by atoms with E-state index in [1.54, 1.807) is 37.5 Å². The molecule has 0 saturated carbocycles. The number of non-ortho nitro benzene ring substituents is 1.